The van der Waals surface area contributed by atoms with Crippen LogP contribution < -0.4 is 10.9 Å². The van der Waals surface area contributed by atoms with Gasteiger partial charge in [0.15, 0.2) is 0 Å². The molecule has 1 amide bonds. The molecule has 1 fully saturated rings. The third kappa shape index (κ3) is 2.85. The monoisotopic (exact) mass is 352 g/mol. The van der Waals surface area contributed by atoms with Gasteiger partial charge in [-0.15, -0.1) is 0 Å². The van der Waals surface area contributed by atoms with Crippen molar-refractivity contribution < 1.29 is 4.79 Å². The average molecular weight is 352 g/mol. The van der Waals surface area contributed by atoms with Crippen LogP contribution in [0.1, 0.15) is 44.1 Å². The molecule has 5 nitrogen and oxygen atoms in total. The number of carbonyl (C=O) groups excluding carboxylic acids is 1. The van der Waals surface area contributed by atoms with Gasteiger partial charge < -0.3 is 9.47 Å². The third-order valence-corrected chi connectivity index (χ3v) is 5.87. The summed E-state index contributed by atoms with van der Waals surface area (Å²) in [7, 11) is 0. The first-order valence-electron chi connectivity index (χ1n) is 9.59. The number of benzene rings is 1. The molecule has 0 radical (unpaired) electrons. The predicted octanol–water partition coefficient (Wildman–Crippen LogP) is 2.88. The minimum atomic E-state index is -0.206. The van der Waals surface area contributed by atoms with E-state index in [9.17, 15) is 4.79 Å². The fourth-order valence-corrected chi connectivity index (χ4v) is 4.51. The highest BCUT2D eigenvalue weighted by atomic mass is 16.2. The van der Waals surface area contributed by atoms with Crippen LogP contribution in [0.4, 0.5) is 0 Å². The molecule has 26 heavy (non-hydrogen) atoms. The van der Waals surface area contributed by atoms with E-state index in [1.807, 2.05) is 18.2 Å². The van der Waals surface area contributed by atoms with Crippen molar-refractivity contribution >= 4 is 5.91 Å². The predicted molar refractivity (Wildman–Crippen MR) is 102 cm³/mol. The Kier molecular flexibility index (Phi) is 4.59. The Morgan fingerprint density at radius 3 is 2.58 bits per heavy atom. The molecule has 1 saturated heterocycles. The molecular formula is C21H28N4O. The van der Waals surface area contributed by atoms with Gasteiger partial charge >= 0.3 is 0 Å². The van der Waals surface area contributed by atoms with Gasteiger partial charge in [0.2, 0.25) is 5.91 Å². The van der Waals surface area contributed by atoms with Crippen LogP contribution in [0.25, 0.3) is 0 Å². The van der Waals surface area contributed by atoms with Gasteiger partial charge in [0.05, 0.1) is 12.1 Å². The zero-order chi connectivity index (χ0) is 18.3. The molecule has 3 heterocycles. The summed E-state index contributed by atoms with van der Waals surface area (Å²) >= 11 is 0. The Labute approximate surface area is 155 Å². The summed E-state index contributed by atoms with van der Waals surface area (Å²) in [5.74, 6) is 0.767. The molecule has 1 aromatic heterocycles. The molecule has 2 N–H and O–H groups in total. The molecule has 4 unspecified atom stereocenters. The largest absolute Gasteiger partial charge is 0.348 e. The highest BCUT2D eigenvalue weighted by Gasteiger charge is 2.43. The molecule has 4 rings (SSSR count). The molecule has 2 aliphatic heterocycles. The van der Waals surface area contributed by atoms with E-state index in [0.29, 0.717) is 5.92 Å². The van der Waals surface area contributed by atoms with Gasteiger partial charge in [-0.25, -0.2) is 10.9 Å². The molecule has 0 spiro atoms. The Bertz CT molecular complexity index is 769. The molecule has 5 heteroatoms. The number of nitrogens with one attached hydrogen (secondary N) is 2. The lowest BCUT2D eigenvalue weighted by atomic mass is 9.89. The summed E-state index contributed by atoms with van der Waals surface area (Å²) in [6, 6.07) is 14.7. The molecule has 2 aliphatic rings. The number of hydrogen-bond donors (Lipinski definition) is 2. The van der Waals surface area contributed by atoms with Crippen LogP contribution in [0.2, 0.25) is 0 Å². The van der Waals surface area contributed by atoms with Crippen molar-refractivity contribution in [3.63, 3.8) is 0 Å². The second kappa shape index (κ2) is 6.89. The van der Waals surface area contributed by atoms with Crippen LogP contribution in [0, 0.1) is 11.8 Å². The number of nitrogens with zero attached hydrogens (tertiary/aromatic N) is 2. The van der Waals surface area contributed by atoms with Gasteiger partial charge in [-0.05, 0) is 23.6 Å². The summed E-state index contributed by atoms with van der Waals surface area (Å²) < 4.78 is 2.28. The fourth-order valence-electron chi connectivity index (χ4n) is 4.51. The normalized spacial score (nSPS) is 28.4. The van der Waals surface area contributed by atoms with Gasteiger partial charge in [0.25, 0.3) is 0 Å². The summed E-state index contributed by atoms with van der Waals surface area (Å²) in [4.78, 5) is 15.5. The van der Waals surface area contributed by atoms with E-state index in [1.54, 1.807) is 0 Å². The Morgan fingerprint density at radius 2 is 1.85 bits per heavy atom. The van der Waals surface area contributed by atoms with E-state index < -0.39 is 0 Å². The van der Waals surface area contributed by atoms with E-state index in [2.05, 4.69) is 71.6 Å². The average Bonchev–Trinajstić information content (AvgIpc) is 3.27. The summed E-state index contributed by atoms with van der Waals surface area (Å²) in [5.41, 5.74) is 9.10. The van der Waals surface area contributed by atoms with E-state index >= 15 is 0 Å². The SMILES string of the molecule is CC(C)C1c2cccn2CCN1C(=O)C1NNC(c2ccccc2)C1C. The number of fused-ring (bicyclic) bond motifs is 1. The number of amides is 1. The summed E-state index contributed by atoms with van der Waals surface area (Å²) in [6.07, 6.45) is 2.12. The second-order valence-corrected chi connectivity index (χ2v) is 7.86. The topological polar surface area (TPSA) is 49.3 Å². The van der Waals surface area contributed by atoms with Crippen LogP contribution in [0.3, 0.4) is 0 Å². The van der Waals surface area contributed by atoms with Crippen LogP contribution in [-0.4, -0.2) is 28.0 Å². The summed E-state index contributed by atoms with van der Waals surface area (Å²) in [5, 5.41) is 0. The Hall–Kier alpha value is -2.11. The van der Waals surface area contributed by atoms with E-state index in [0.717, 1.165) is 13.1 Å². The van der Waals surface area contributed by atoms with Gasteiger partial charge in [0, 0.05) is 30.9 Å². The molecule has 0 saturated carbocycles. The number of carbonyl (C=O) groups is 1. The van der Waals surface area contributed by atoms with E-state index in [-0.39, 0.29) is 30.0 Å². The maximum absolute atomic E-state index is 13.4. The highest BCUT2D eigenvalue weighted by molar-refractivity contribution is 5.83. The molecule has 0 aliphatic carbocycles. The minimum absolute atomic E-state index is 0.135. The highest BCUT2D eigenvalue weighted by Crippen LogP contribution is 2.35. The minimum Gasteiger partial charge on any atom is -0.348 e. The zero-order valence-corrected chi connectivity index (χ0v) is 15.7. The number of aromatic nitrogens is 1. The lowest BCUT2D eigenvalue weighted by Gasteiger charge is -2.41. The van der Waals surface area contributed by atoms with E-state index in [1.165, 1.54) is 11.3 Å². The van der Waals surface area contributed by atoms with E-state index in [4.69, 9.17) is 0 Å². The van der Waals surface area contributed by atoms with Crippen LogP contribution in [0.15, 0.2) is 48.7 Å². The quantitative estimate of drug-likeness (QED) is 0.893. The smallest absolute Gasteiger partial charge is 0.242 e. The molecule has 0 bridgehead atoms. The second-order valence-electron chi connectivity index (χ2n) is 7.86. The Balaban J connectivity index is 1.56. The first kappa shape index (κ1) is 17.3. The van der Waals surface area contributed by atoms with Crippen molar-refractivity contribution in [2.45, 2.75) is 45.4 Å². The van der Waals surface area contributed by atoms with Crippen molar-refractivity contribution in [3.8, 4) is 0 Å². The van der Waals surface area contributed by atoms with Crippen molar-refractivity contribution in [1.82, 2.24) is 20.3 Å². The first-order chi connectivity index (χ1) is 12.6. The number of hydrogen-bond acceptors (Lipinski definition) is 3. The number of rotatable bonds is 3. The molecular weight excluding hydrogens is 324 g/mol. The molecule has 138 valence electrons. The third-order valence-electron chi connectivity index (χ3n) is 5.87. The maximum Gasteiger partial charge on any atom is 0.242 e. The molecule has 1 aromatic carbocycles. The first-order valence-corrected chi connectivity index (χ1v) is 9.59. The maximum atomic E-state index is 13.4. The van der Waals surface area contributed by atoms with Crippen molar-refractivity contribution in [3.05, 3.63) is 59.9 Å². The fraction of sp³-hybridized carbons (Fsp3) is 0.476. The lowest BCUT2D eigenvalue weighted by Crippen LogP contribution is -2.52. The van der Waals surface area contributed by atoms with Crippen molar-refractivity contribution in [2.24, 2.45) is 11.8 Å². The Morgan fingerprint density at radius 1 is 1.08 bits per heavy atom. The van der Waals surface area contributed by atoms with Crippen molar-refractivity contribution in [1.29, 1.82) is 0 Å². The molecule has 4 atom stereocenters. The van der Waals surface area contributed by atoms with Gasteiger partial charge in [0.1, 0.15) is 6.04 Å². The van der Waals surface area contributed by atoms with Gasteiger partial charge in [-0.1, -0.05) is 51.1 Å². The lowest BCUT2D eigenvalue weighted by molar-refractivity contribution is -0.139. The number of hydrazine groups is 1. The molecule has 2 aromatic rings. The summed E-state index contributed by atoms with van der Waals surface area (Å²) in [6.45, 7) is 8.19. The standard InChI is InChI=1S/C21H28N4O/c1-14(2)20-17-10-7-11-24(17)12-13-25(20)21(26)19-15(3)18(22-23-19)16-8-5-4-6-9-16/h4-11,14-15,18-20,22-23H,12-13H2,1-3H3. The van der Waals surface area contributed by atoms with Crippen LogP contribution in [-0.2, 0) is 11.3 Å². The van der Waals surface area contributed by atoms with Gasteiger partial charge in [-0.3, -0.25) is 4.79 Å². The zero-order valence-electron chi connectivity index (χ0n) is 15.7. The van der Waals surface area contributed by atoms with Crippen LogP contribution in [0.5, 0.6) is 0 Å². The van der Waals surface area contributed by atoms with Crippen LogP contribution >= 0.6 is 0 Å². The van der Waals surface area contributed by atoms with Gasteiger partial charge in [-0.2, -0.15) is 0 Å². The van der Waals surface area contributed by atoms with Crippen molar-refractivity contribution in [2.75, 3.05) is 6.54 Å².